The van der Waals surface area contributed by atoms with Gasteiger partial charge in [0.25, 0.3) is 0 Å². The first-order chi connectivity index (χ1) is 9.06. The van der Waals surface area contributed by atoms with E-state index in [-0.39, 0.29) is 24.0 Å². The normalized spacial score (nSPS) is 10.3. The molecule has 0 atom stereocenters. The number of Topliss-reactive ketones (excluding diaryl/α,β-unsaturated/α-hetero) is 1. The van der Waals surface area contributed by atoms with E-state index in [2.05, 4.69) is 0 Å². The highest BCUT2D eigenvalue weighted by atomic mass is 19.1. The predicted molar refractivity (Wildman–Crippen MR) is 71.9 cm³/mol. The van der Waals surface area contributed by atoms with Crippen LogP contribution in [0.2, 0.25) is 0 Å². The van der Waals surface area contributed by atoms with Gasteiger partial charge in [-0.15, -0.1) is 0 Å². The molecule has 2 aromatic carbocycles. The standard InChI is InChI=1S/C16H15FO2/c1-11-6-7-15(17)16(8-11)19-10-13-4-3-5-14(9-13)12(2)18/h3-9H,10H2,1-2H3. The summed E-state index contributed by atoms with van der Waals surface area (Å²) in [7, 11) is 0. The van der Waals surface area contributed by atoms with Gasteiger partial charge in [0.05, 0.1) is 0 Å². The van der Waals surface area contributed by atoms with Crippen molar-refractivity contribution in [3.05, 3.63) is 65.0 Å². The third-order valence-electron chi connectivity index (χ3n) is 2.81. The number of hydrogen-bond acceptors (Lipinski definition) is 2. The van der Waals surface area contributed by atoms with Gasteiger partial charge in [-0.25, -0.2) is 4.39 Å². The van der Waals surface area contributed by atoms with Crippen LogP contribution in [0, 0.1) is 12.7 Å². The SMILES string of the molecule is CC(=O)c1cccc(COc2cc(C)ccc2F)c1. The van der Waals surface area contributed by atoms with Crippen LogP contribution in [0.3, 0.4) is 0 Å². The van der Waals surface area contributed by atoms with Gasteiger partial charge < -0.3 is 4.74 Å². The number of rotatable bonds is 4. The van der Waals surface area contributed by atoms with Crippen molar-refractivity contribution in [1.82, 2.24) is 0 Å². The minimum Gasteiger partial charge on any atom is -0.486 e. The molecule has 0 aliphatic carbocycles. The Balaban J connectivity index is 2.12. The summed E-state index contributed by atoms with van der Waals surface area (Å²) in [6, 6.07) is 11.9. The molecule has 0 saturated carbocycles. The molecule has 0 aliphatic rings. The second kappa shape index (κ2) is 5.65. The van der Waals surface area contributed by atoms with Crippen LogP contribution in [0.1, 0.15) is 28.4 Å². The number of carbonyl (C=O) groups is 1. The zero-order chi connectivity index (χ0) is 13.8. The molecule has 2 aromatic rings. The van der Waals surface area contributed by atoms with Gasteiger partial charge in [0.15, 0.2) is 17.3 Å². The third-order valence-corrected chi connectivity index (χ3v) is 2.81. The summed E-state index contributed by atoms with van der Waals surface area (Å²) < 4.78 is 19.0. The van der Waals surface area contributed by atoms with Crippen molar-refractivity contribution in [2.45, 2.75) is 20.5 Å². The Kier molecular flexibility index (Phi) is 3.95. The fourth-order valence-electron chi connectivity index (χ4n) is 1.76. The lowest BCUT2D eigenvalue weighted by atomic mass is 10.1. The highest BCUT2D eigenvalue weighted by molar-refractivity contribution is 5.94. The number of carbonyl (C=O) groups excluding carboxylic acids is 1. The van der Waals surface area contributed by atoms with Crippen LogP contribution in [-0.4, -0.2) is 5.78 Å². The van der Waals surface area contributed by atoms with Gasteiger partial charge in [0.1, 0.15) is 6.61 Å². The fourth-order valence-corrected chi connectivity index (χ4v) is 1.76. The lowest BCUT2D eigenvalue weighted by molar-refractivity contribution is 0.101. The minimum atomic E-state index is -0.381. The zero-order valence-electron chi connectivity index (χ0n) is 10.9. The molecule has 0 aliphatic heterocycles. The van der Waals surface area contributed by atoms with E-state index >= 15 is 0 Å². The Labute approximate surface area is 111 Å². The summed E-state index contributed by atoms with van der Waals surface area (Å²) in [6.07, 6.45) is 0. The second-order valence-electron chi connectivity index (χ2n) is 4.48. The van der Waals surface area contributed by atoms with Crippen LogP contribution < -0.4 is 4.74 Å². The molecule has 3 heteroatoms. The van der Waals surface area contributed by atoms with E-state index in [9.17, 15) is 9.18 Å². The molecular formula is C16H15FO2. The summed E-state index contributed by atoms with van der Waals surface area (Å²) >= 11 is 0. The van der Waals surface area contributed by atoms with Crippen LogP contribution in [0.15, 0.2) is 42.5 Å². The van der Waals surface area contributed by atoms with Crippen molar-refractivity contribution in [2.24, 2.45) is 0 Å². The van der Waals surface area contributed by atoms with Gasteiger partial charge in [-0.05, 0) is 43.2 Å². The maximum atomic E-state index is 13.5. The molecule has 0 aromatic heterocycles. The van der Waals surface area contributed by atoms with Gasteiger partial charge in [0, 0.05) is 5.56 Å². The molecule has 0 heterocycles. The second-order valence-corrected chi connectivity index (χ2v) is 4.48. The van der Waals surface area contributed by atoms with Gasteiger partial charge in [0.2, 0.25) is 0 Å². The Morgan fingerprint density at radius 1 is 1.21 bits per heavy atom. The van der Waals surface area contributed by atoms with Crippen molar-refractivity contribution in [3.63, 3.8) is 0 Å². The smallest absolute Gasteiger partial charge is 0.165 e. The van der Waals surface area contributed by atoms with Crippen molar-refractivity contribution in [1.29, 1.82) is 0 Å². The molecule has 2 rings (SSSR count). The summed E-state index contributed by atoms with van der Waals surface area (Å²) in [6.45, 7) is 3.63. The summed E-state index contributed by atoms with van der Waals surface area (Å²) in [4.78, 5) is 11.3. The molecule has 2 nitrogen and oxygen atoms in total. The summed E-state index contributed by atoms with van der Waals surface area (Å²) in [5.74, 6) is -0.148. The molecule has 0 N–H and O–H groups in total. The molecule has 0 bridgehead atoms. The van der Waals surface area contributed by atoms with Gasteiger partial charge >= 0.3 is 0 Å². The Morgan fingerprint density at radius 3 is 2.74 bits per heavy atom. The van der Waals surface area contributed by atoms with E-state index in [1.807, 2.05) is 13.0 Å². The van der Waals surface area contributed by atoms with Crippen LogP contribution in [0.25, 0.3) is 0 Å². The summed E-state index contributed by atoms with van der Waals surface area (Å²) in [5.41, 5.74) is 2.41. The zero-order valence-corrected chi connectivity index (χ0v) is 10.9. The molecule has 0 saturated heterocycles. The number of halogens is 1. The average Bonchev–Trinajstić information content (AvgIpc) is 2.40. The highest BCUT2D eigenvalue weighted by Gasteiger charge is 2.05. The fraction of sp³-hybridized carbons (Fsp3) is 0.188. The quantitative estimate of drug-likeness (QED) is 0.777. The van der Waals surface area contributed by atoms with Crippen molar-refractivity contribution >= 4 is 5.78 Å². The van der Waals surface area contributed by atoms with E-state index in [1.54, 1.807) is 30.3 Å². The van der Waals surface area contributed by atoms with E-state index in [4.69, 9.17) is 4.74 Å². The summed E-state index contributed by atoms with van der Waals surface area (Å²) in [5, 5.41) is 0. The van der Waals surface area contributed by atoms with Gasteiger partial charge in [-0.1, -0.05) is 24.3 Å². The molecule has 98 valence electrons. The van der Waals surface area contributed by atoms with Crippen molar-refractivity contribution in [3.8, 4) is 5.75 Å². The van der Waals surface area contributed by atoms with Crippen LogP contribution in [-0.2, 0) is 6.61 Å². The Morgan fingerprint density at radius 2 is 2.00 bits per heavy atom. The molecule has 0 amide bonds. The lowest BCUT2D eigenvalue weighted by Gasteiger charge is -2.08. The minimum absolute atomic E-state index is 0.00332. The van der Waals surface area contributed by atoms with Crippen LogP contribution in [0.4, 0.5) is 4.39 Å². The number of ether oxygens (including phenoxy) is 1. The number of ketones is 1. The molecule has 0 spiro atoms. The Bertz CT molecular complexity index is 605. The predicted octanol–water partition coefficient (Wildman–Crippen LogP) is 3.92. The maximum Gasteiger partial charge on any atom is 0.165 e. The van der Waals surface area contributed by atoms with Crippen LogP contribution >= 0.6 is 0 Å². The van der Waals surface area contributed by atoms with E-state index in [0.717, 1.165) is 11.1 Å². The topological polar surface area (TPSA) is 26.3 Å². The molecular weight excluding hydrogens is 243 g/mol. The maximum absolute atomic E-state index is 13.5. The number of hydrogen-bond donors (Lipinski definition) is 0. The molecule has 19 heavy (non-hydrogen) atoms. The monoisotopic (exact) mass is 258 g/mol. The number of aryl methyl sites for hydroxylation is 1. The average molecular weight is 258 g/mol. The third kappa shape index (κ3) is 3.41. The van der Waals surface area contributed by atoms with E-state index in [1.165, 1.54) is 13.0 Å². The van der Waals surface area contributed by atoms with E-state index in [0.29, 0.717) is 5.56 Å². The first-order valence-electron chi connectivity index (χ1n) is 6.05. The van der Waals surface area contributed by atoms with Crippen molar-refractivity contribution < 1.29 is 13.9 Å². The van der Waals surface area contributed by atoms with Gasteiger partial charge in [-0.2, -0.15) is 0 Å². The molecule has 0 fully saturated rings. The number of benzene rings is 2. The first kappa shape index (κ1) is 13.3. The van der Waals surface area contributed by atoms with Crippen molar-refractivity contribution in [2.75, 3.05) is 0 Å². The largest absolute Gasteiger partial charge is 0.486 e. The highest BCUT2D eigenvalue weighted by Crippen LogP contribution is 2.20. The molecule has 0 unspecified atom stereocenters. The lowest BCUT2D eigenvalue weighted by Crippen LogP contribution is -2.00. The van der Waals surface area contributed by atoms with Crippen LogP contribution in [0.5, 0.6) is 5.75 Å². The Hall–Kier alpha value is -2.16. The van der Waals surface area contributed by atoms with E-state index < -0.39 is 0 Å². The van der Waals surface area contributed by atoms with Gasteiger partial charge in [-0.3, -0.25) is 4.79 Å². The first-order valence-corrected chi connectivity index (χ1v) is 6.05. The molecule has 0 radical (unpaired) electrons.